The molecular weight excluding hydrogens is 232 g/mol. The molecular formula is C14H23ClN2. The molecule has 3 heteroatoms. The summed E-state index contributed by atoms with van der Waals surface area (Å²) in [7, 11) is 2.10. The van der Waals surface area contributed by atoms with Gasteiger partial charge in [-0.3, -0.25) is 0 Å². The summed E-state index contributed by atoms with van der Waals surface area (Å²) in [4.78, 5) is 2.26. The molecule has 96 valence electrons. The van der Waals surface area contributed by atoms with Crippen LogP contribution in [0.15, 0.2) is 18.2 Å². The van der Waals surface area contributed by atoms with Gasteiger partial charge in [-0.2, -0.15) is 0 Å². The first kappa shape index (κ1) is 14.3. The average molecular weight is 255 g/mol. The fraction of sp³-hybridized carbons (Fsp3) is 0.571. The largest absolute Gasteiger partial charge is 0.368 e. The Morgan fingerprint density at radius 3 is 2.53 bits per heavy atom. The second-order valence-electron chi connectivity index (χ2n) is 5.01. The van der Waals surface area contributed by atoms with Crippen molar-refractivity contribution in [2.75, 3.05) is 18.5 Å². The number of nitrogens with zero attached hydrogens (tertiary/aromatic N) is 1. The molecule has 2 N–H and O–H groups in total. The number of nitrogens with two attached hydrogens (primary N) is 1. The summed E-state index contributed by atoms with van der Waals surface area (Å²) in [5.74, 6) is 0. The lowest BCUT2D eigenvalue weighted by molar-refractivity contribution is 0.470. The Morgan fingerprint density at radius 1 is 1.35 bits per heavy atom. The molecule has 1 rings (SSSR count). The molecule has 0 aromatic heterocycles. The lowest BCUT2D eigenvalue weighted by Gasteiger charge is -2.38. The fourth-order valence-corrected chi connectivity index (χ4v) is 2.15. The van der Waals surface area contributed by atoms with E-state index < -0.39 is 0 Å². The SMILES string of the molecule is CCC(C)(C)N(C)c1c(Cl)cccc1CCN. The average Bonchev–Trinajstić information content (AvgIpc) is 2.29. The number of halogens is 1. The van der Waals surface area contributed by atoms with Crippen LogP contribution in [0.2, 0.25) is 5.02 Å². The van der Waals surface area contributed by atoms with E-state index in [-0.39, 0.29) is 5.54 Å². The van der Waals surface area contributed by atoms with Crippen LogP contribution in [0.3, 0.4) is 0 Å². The number of hydrogen-bond acceptors (Lipinski definition) is 2. The standard InChI is InChI=1S/C14H23ClN2/c1-5-14(2,3)17(4)13-11(9-10-16)7-6-8-12(13)15/h6-8H,5,9-10,16H2,1-4H3. The Labute approximate surface area is 110 Å². The molecule has 1 aromatic carbocycles. The Kier molecular flexibility index (Phi) is 4.84. The van der Waals surface area contributed by atoms with Crippen LogP contribution in [-0.2, 0) is 6.42 Å². The molecule has 0 saturated carbocycles. The van der Waals surface area contributed by atoms with Crippen molar-refractivity contribution >= 4 is 17.3 Å². The van der Waals surface area contributed by atoms with Crippen LogP contribution in [-0.4, -0.2) is 19.1 Å². The van der Waals surface area contributed by atoms with Crippen LogP contribution in [0.5, 0.6) is 0 Å². The zero-order valence-electron chi connectivity index (χ0n) is 11.3. The highest BCUT2D eigenvalue weighted by Crippen LogP contribution is 2.34. The molecule has 0 spiro atoms. The van der Waals surface area contributed by atoms with E-state index in [1.165, 1.54) is 5.56 Å². The highest BCUT2D eigenvalue weighted by Gasteiger charge is 2.24. The Balaban J connectivity index is 3.19. The van der Waals surface area contributed by atoms with Crippen molar-refractivity contribution in [2.24, 2.45) is 5.73 Å². The molecule has 2 nitrogen and oxygen atoms in total. The molecule has 17 heavy (non-hydrogen) atoms. The molecule has 0 fully saturated rings. The number of benzene rings is 1. The molecule has 0 aliphatic carbocycles. The van der Waals surface area contributed by atoms with Gasteiger partial charge in [-0.15, -0.1) is 0 Å². The van der Waals surface area contributed by atoms with Crippen LogP contribution in [0, 0.1) is 0 Å². The second kappa shape index (κ2) is 5.74. The third kappa shape index (κ3) is 3.14. The van der Waals surface area contributed by atoms with Crippen LogP contribution >= 0.6 is 11.6 Å². The summed E-state index contributed by atoms with van der Waals surface area (Å²) in [5.41, 5.74) is 8.09. The molecule has 0 unspecified atom stereocenters. The summed E-state index contributed by atoms with van der Waals surface area (Å²) in [6.07, 6.45) is 1.93. The van der Waals surface area contributed by atoms with E-state index in [4.69, 9.17) is 17.3 Å². The number of anilines is 1. The van der Waals surface area contributed by atoms with Crippen LogP contribution in [0.1, 0.15) is 32.8 Å². The minimum absolute atomic E-state index is 0.0916. The maximum absolute atomic E-state index is 6.34. The normalized spacial score (nSPS) is 11.6. The molecule has 0 saturated heterocycles. The van der Waals surface area contributed by atoms with Gasteiger partial charge < -0.3 is 10.6 Å². The zero-order chi connectivity index (χ0) is 13.1. The van der Waals surface area contributed by atoms with E-state index in [2.05, 4.69) is 38.8 Å². The van der Waals surface area contributed by atoms with Crippen LogP contribution < -0.4 is 10.6 Å². The van der Waals surface area contributed by atoms with Gasteiger partial charge in [0, 0.05) is 12.6 Å². The molecule has 0 amide bonds. The maximum Gasteiger partial charge on any atom is 0.0642 e. The fourth-order valence-electron chi connectivity index (χ4n) is 1.83. The molecule has 0 bridgehead atoms. The van der Waals surface area contributed by atoms with E-state index in [0.29, 0.717) is 6.54 Å². The second-order valence-corrected chi connectivity index (χ2v) is 5.42. The van der Waals surface area contributed by atoms with E-state index in [1.54, 1.807) is 0 Å². The topological polar surface area (TPSA) is 29.3 Å². The first-order valence-corrected chi connectivity index (χ1v) is 6.53. The number of rotatable bonds is 5. The van der Waals surface area contributed by atoms with Crippen molar-refractivity contribution in [1.29, 1.82) is 0 Å². The predicted molar refractivity (Wildman–Crippen MR) is 77.0 cm³/mol. The van der Waals surface area contributed by atoms with Gasteiger partial charge in [0.1, 0.15) is 0 Å². The first-order chi connectivity index (χ1) is 7.94. The van der Waals surface area contributed by atoms with Gasteiger partial charge in [-0.1, -0.05) is 30.7 Å². The quantitative estimate of drug-likeness (QED) is 0.872. The predicted octanol–water partition coefficient (Wildman–Crippen LogP) is 3.47. The van der Waals surface area contributed by atoms with Crippen molar-refractivity contribution in [3.63, 3.8) is 0 Å². The van der Waals surface area contributed by atoms with Crippen molar-refractivity contribution in [1.82, 2.24) is 0 Å². The van der Waals surface area contributed by atoms with Crippen molar-refractivity contribution in [3.05, 3.63) is 28.8 Å². The first-order valence-electron chi connectivity index (χ1n) is 6.15. The van der Waals surface area contributed by atoms with Gasteiger partial charge in [0.2, 0.25) is 0 Å². The monoisotopic (exact) mass is 254 g/mol. The van der Waals surface area contributed by atoms with Gasteiger partial charge in [-0.25, -0.2) is 0 Å². The Morgan fingerprint density at radius 2 is 2.00 bits per heavy atom. The molecule has 0 aliphatic rings. The van der Waals surface area contributed by atoms with E-state index in [1.807, 2.05) is 12.1 Å². The zero-order valence-corrected chi connectivity index (χ0v) is 12.0. The third-order valence-electron chi connectivity index (χ3n) is 3.59. The summed E-state index contributed by atoms with van der Waals surface area (Å²) in [6.45, 7) is 7.29. The van der Waals surface area contributed by atoms with E-state index in [0.717, 1.165) is 23.6 Å². The van der Waals surface area contributed by atoms with Crippen molar-refractivity contribution < 1.29 is 0 Å². The van der Waals surface area contributed by atoms with Gasteiger partial charge in [0.05, 0.1) is 10.7 Å². The summed E-state index contributed by atoms with van der Waals surface area (Å²) < 4.78 is 0. The minimum atomic E-state index is 0.0916. The maximum atomic E-state index is 6.34. The Hall–Kier alpha value is -0.730. The minimum Gasteiger partial charge on any atom is -0.368 e. The number of hydrogen-bond donors (Lipinski definition) is 1. The lowest BCUT2D eigenvalue weighted by atomic mass is 9.97. The smallest absolute Gasteiger partial charge is 0.0642 e. The molecule has 0 atom stereocenters. The molecule has 0 heterocycles. The van der Waals surface area contributed by atoms with Gasteiger partial charge in [-0.05, 0) is 44.9 Å². The highest BCUT2D eigenvalue weighted by molar-refractivity contribution is 6.33. The van der Waals surface area contributed by atoms with Crippen molar-refractivity contribution in [2.45, 2.75) is 39.2 Å². The number of para-hydroxylation sites is 1. The summed E-state index contributed by atoms with van der Waals surface area (Å²) >= 11 is 6.34. The Bertz CT molecular complexity index is 374. The van der Waals surface area contributed by atoms with Crippen LogP contribution in [0.4, 0.5) is 5.69 Å². The van der Waals surface area contributed by atoms with E-state index >= 15 is 0 Å². The van der Waals surface area contributed by atoms with Gasteiger partial charge in [0.15, 0.2) is 0 Å². The van der Waals surface area contributed by atoms with Gasteiger partial charge >= 0.3 is 0 Å². The highest BCUT2D eigenvalue weighted by atomic mass is 35.5. The van der Waals surface area contributed by atoms with Crippen molar-refractivity contribution in [3.8, 4) is 0 Å². The van der Waals surface area contributed by atoms with Crippen LogP contribution in [0.25, 0.3) is 0 Å². The van der Waals surface area contributed by atoms with Gasteiger partial charge in [0.25, 0.3) is 0 Å². The summed E-state index contributed by atoms with van der Waals surface area (Å²) in [6, 6.07) is 6.04. The summed E-state index contributed by atoms with van der Waals surface area (Å²) in [5, 5.41) is 0.806. The third-order valence-corrected chi connectivity index (χ3v) is 3.90. The molecule has 1 aromatic rings. The molecule has 0 radical (unpaired) electrons. The lowest BCUT2D eigenvalue weighted by Crippen LogP contribution is -2.41. The molecule has 0 aliphatic heterocycles. The van der Waals surface area contributed by atoms with E-state index in [9.17, 15) is 0 Å².